The monoisotopic (exact) mass is 927 g/mol. The van der Waals surface area contributed by atoms with Crippen molar-refractivity contribution in [2.24, 2.45) is 10.8 Å². The molecule has 4 aliphatic rings. The molecule has 1 amide bonds. The highest BCUT2D eigenvalue weighted by molar-refractivity contribution is 7.90. The summed E-state index contributed by atoms with van der Waals surface area (Å²) in [5, 5.41) is 16.2. The van der Waals surface area contributed by atoms with E-state index in [1.165, 1.54) is 41.8 Å². The Hall–Kier alpha value is -5.59. The van der Waals surface area contributed by atoms with Gasteiger partial charge in [0.05, 0.1) is 47.5 Å². The number of nitro benzene ring substituents is 1. The number of ether oxygens (including phenoxy) is 3. The first kappa shape index (κ1) is 44.6. The first-order valence-electron chi connectivity index (χ1n) is 21.8. The molecule has 0 radical (unpaired) electrons. The van der Waals surface area contributed by atoms with Crippen LogP contribution < -0.4 is 19.7 Å². The zero-order valence-corrected chi connectivity index (χ0v) is 37.9. The molecule has 1 spiro atoms. The van der Waals surface area contributed by atoms with Crippen molar-refractivity contribution in [3.63, 3.8) is 0 Å². The first-order valence-corrected chi connectivity index (χ1v) is 23.6. The molecule has 2 saturated heterocycles. The highest BCUT2D eigenvalue weighted by Crippen LogP contribution is 2.67. The molecule has 18 heteroatoms. The summed E-state index contributed by atoms with van der Waals surface area (Å²) in [4.78, 5) is 36.5. The number of aromatic amines is 1. The van der Waals surface area contributed by atoms with Gasteiger partial charge in [-0.1, -0.05) is 43.2 Å². The van der Waals surface area contributed by atoms with Crippen LogP contribution >= 0.6 is 11.6 Å². The van der Waals surface area contributed by atoms with E-state index in [1.54, 1.807) is 24.4 Å². The fraction of sp³-hybridized carbons (Fsp3) is 0.404. The minimum absolute atomic E-state index is 0.0239. The smallest absolute Gasteiger partial charge is 0.296 e. The van der Waals surface area contributed by atoms with Gasteiger partial charge in [0, 0.05) is 73.2 Å². The maximum atomic E-state index is 15.5. The summed E-state index contributed by atoms with van der Waals surface area (Å²) in [5.41, 5.74) is 4.56. The van der Waals surface area contributed by atoms with Gasteiger partial charge in [-0.3, -0.25) is 19.8 Å². The summed E-state index contributed by atoms with van der Waals surface area (Å²) < 4.78 is 62.1. The summed E-state index contributed by atoms with van der Waals surface area (Å²) in [5.74, 6) is -1.95. The number of piperazine rings is 1. The van der Waals surface area contributed by atoms with Crippen molar-refractivity contribution in [2.75, 3.05) is 62.8 Å². The molecule has 4 heterocycles. The number of nitro groups is 1. The van der Waals surface area contributed by atoms with Gasteiger partial charge < -0.3 is 29.4 Å². The Morgan fingerprint density at radius 2 is 1.88 bits per heavy atom. The normalized spacial score (nSPS) is 20.8. The van der Waals surface area contributed by atoms with Crippen molar-refractivity contribution in [3.05, 3.63) is 117 Å². The van der Waals surface area contributed by atoms with Crippen LogP contribution in [0, 0.1) is 26.8 Å². The minimum atomic E-state index is -4.85. The Morgan fingerprint density at radius 1 is 1.08 bits per heavy atom. The van der Waals surface area contributed by atoms with Gasteiger partial charge in [0.15, 0.2) is 5.82 Å². The molecule has 2 aliphatic carbocycles. The fourth-order valence-corrected chi connectivity index (χ4v) is 10.7. The van der Waals surface area contributed by atoms with Crippen molar-refractivity contribution in [3.8, 4) is 11.5 Å². The van der Waals surface area contributed by atoms with Gasteiger partial charge >= 0.3 is 0 Å². The molecule has 2 atom stereocenters. The van der Waals surface area contributed by atoms with Gasteiger partial charge in [0.25, 0.3) is 21.6 Å². The fourth-order valence-electron chi connectivity index (χ4n) is 9.56. The maximum Gasteiger partial charge on any atom is 0.296 e. The van der Waals surface area contributed by atoms with Crippen LogP contribution in [0.5, 0.6) is 11.5 Å². The standard InChI is InChI=1S/C47H51ClFN7O8S/c1-29-26-55(15-14-54(29)27-32-22-47(11-12-47)46(2,3)23-39(32)30-4-6-33(48)7-5-30)34-8-9-38(42(19-34)64-35-18-31-10-13-50-44(31)52-24-35)45(57)53-65(60,61)37-20-40(49)43(41(21-37)56(58)59)51-25-36-28-62-16-17-63-36/h4-10,13,18-21,24,29,36,51H,11-12,14-17,22-23,25-28H2,1-3H3,(H,50,52)(H,53,57)/t29-,36?/m1/s1. The second-order valence-corrected chi connectivity index (χ2v) is 20.3. The summed E-state index contributed by atoms with van der Waals surface area (Å²) >= 11 is 6.30. The number of halogens is 2. The zero-order chi connectivity index (χ0) is 45.7. The number of anilines is 2. The van der Waals surface area contributed by atoms with Gasteiger partial charge in [0.2, 0.25) is 0 Å². The average Bonchev–Trinajstić information content (AvgIpc) is 3.92. The number of fused-ring (bicyclic) bond motifs is 1. The van der Waals surface area contributed by atoms with Gasteiger partial charge in [-0.25, -0.2) is 22.5 Å². The van der Waals surface area contributed by atoms with Crippen LogP contribution in [-0.4, -0.2) is 98.8 Å². The quantitative estimate of drug-likeness (QED) is 0.0757. The molecule has 3 N–H and O–H groups in total. The Bertz CT molecular complexity index is 2790. The maximum absolute atomic E-state index is 15.5. The van der Waals surface area contributed by atoms with Crippen molar-refractivity contribution in [1.29, 1.82) is 0 Å². The number of carbonyl (C=O) groups is 1. The first-order chi connectivity index (χ1) is 31.1. The van der Waals surface area contributed by atoms with Crippen LogP contribution in [0.25, 0.3) is 16.6 Å². The highest BCUT2D eigenvalue weighted by Gasteiger charge is 2.56. The Morgan fingerprint density at radius 3 is 2.60 bits per heavy atom. The molecule has 65 heavy (non-hydrogen) atoms. The number of hydrogen-bond donors (Lipinski definition) is 3. The third kappa shape index (κ3) is 9.29. The Balaban J connectivity index is 0.959. The summed E-state index contributed by atoms with van der Waals surface area (Å²) in [7, 11) is -4.85. The number of benzene rings is 3. The van der Waals surface area contributed by atoms with Gasteiger partial charge in [-0.15, -0.1) is 0 Å². The van der Waals surface area contributed by atoms with E-state index < -0.39 is 49.0 Å². The van der Waals surface area contributed by atoms with E-state index in [0.29, 0.717) is 55.2 Å². The lowest BCUT2D eigenvalue weighted by Gasteiger charge is -2.45. The van der Waals surface area contributed by atoms with Gasteiger partial charge in [-0.2, -0.15) is 0 Å². The number of nitrogens with one attached hydrogen (secondary N) is 3. The largest absolute Gasteiger partial charge is 0.455 e. The van der Waals surface area contributed by atoms with Crippen LogP contribution in [0.15, 0.2) is 89.6 Å². The Labute approximate surface area is 381 Å². The molecule has 5 aromatic rings. The van der Waals surface area contributed by atoms with E-state index in [4.69, 9.17) is 25.8 Å². The van der Waals surface area contributed by atoms with Crippen molar-refractivity contribution < 1.29 is 36.7 Å². The molecule has 2 aliphatic heterocycles. The number of amides is 1. The van der Waals surface area contributed by atoms with Crippen LogP contribution in [0.3, 0.4) is 0 Å². The van der Waals surface area contributed by atoms with Crippen LogP contribution in [0.1, 0.15) is 62.4 Å². The van der Waals surface area contributed by atoms with E-state index in [-0.39, 0.29) is 35.9 Å². The average molecular weight is 928 g/mol. The van der Waals surface area contributed by atoms with E-state index in [1.807, 2.05) is 22.9 Å². The molecule has 3 fully saturated rings. The summed E-state index contributed by atoms with van der Waals surface area (Å²) in [6.45, 7) is 10.9. The third-order valence-corrected chi connectivity index (χ3v) is 15.1. The summed E-state index contributed by atoms with van der Waals surface area (Å²) in [6.07, 6.45) is 7.32. The number of aromatic nitrogens is 2. The third-order valence-electron chi connectivity index (χ3n) is 13.6. The van der Waals surface area contributed by atoms with E-state index in [9.17, 15) is 23.3 Å². The van der Waals surface area contributed by atoms with Crippen LogP contribution in [0.4, 0.5) is 21.5 Å². The van der Waals surface area contributed by atoms with E-state index in [0.717, 1.165) is 42.0 Å². The van der Waals surface area contributed by atoms with Crippen LogP contribution in [0.2, 0.25) is 5.02 Å². The number of allylic oxidation sites excluding steroid dienone is 1. The molecule has 0 bridgehead atoms. The van der Waals surface area contributed by atoms with Crippen molar-refractivity contribution >= 4 is 61.2 Å². The Kier molecular flexibility index (Phi) is 12.1. The molecule has 342 valence electrons. The molecule has 1 unspecified atom stereocenters. The topological polar surface area (TPSA) is 181 Å². The molecule has 1 saturated carbocycles. The highest BCUT2D eigenvalue weighted by atomic mass is 35.5. The SMILES string of the molecule is C[C@@H]1CN(c2ccc(C(=O)NS(=O)(=O)c3cc(F)c(NCC4COCCO4)c([N+](=O)[O-])c3)c(Oc3cnc4[nH]ccc4c3)c2)CCN1CC1=C(c2ccc(Cl)cc2)CC(C)(C)C2(CC2)C1. The van der Waals surface area contributed by atoms with E-state index >= 15 is 4.39 Å². The number of pyridine rings is 1. The zero-order valence-electron chi connectivity index (χ0n) is 36.4. The number of carbonyl (C=O) groups excluding carboxylic acids is 1. The number of sulfonamides is 1. The molecular weight excluding hydrogens is 877 g/mol. The molecule has 3 aromatic carbocycles. The molecule has 2 aromatic heterocycles. The number of H-pyrrole nitrogens is 1. The predicted octanol–water partition coefficient (Wildman–Crippen LogP) is 8.57. The number of hydrogen-bond acceptors (Lipinski definition) is 12. The van der Waals surface area contributed by atoms with Gasteiger partial charge in [0.1, 0.15) is 22.8 Å². The lowest BCUT2D eigenvalue weighted by molar-refractivity contribution is -0.384. The number of rotatable bonds is 13. The summed E-state index contributed by atoms with van der Waals surface area (Å²) in [6, 6.07) is 18.1. The number of nitrogens with zero attached hydrogens (tertiary/aromatic N) is 4. The van der Waals surface area contributed by atoms with Gasteiger partial charge in [-0.05, 0) is 97.0 Å². The minimum Gasteiger partial charge on any atom is -0.455 e. The van der Waals surface area contributed by atoms with Crippen molar-refractivity contribution in [2.45, 2.75) is 63.5 Å². The second kappa shape index (κ2) is 17.7. The lowest BCUT2D eigenvalue weighted by Crippen LogP contribution is -2.52. The van der Waals surface area contributed by atoms with Crippen LogP contribution in [-0.2, 0) is 19.5 Å². The predicted molar refractivity (Wildman–Crippen MR) is 246 cm³/mol. The van der Waals surface area contributed by atoms with Crippen molar-refractivity contribution in [1.82, 2.24) is 19.6 Å². The lowest BCUT2D eigenvalue weighted by atomic mass is 9.63. The van der Waals surface area contributed by atoms with E-state index in [2.05, 4.69) is 58.0 Å². The molecule has 15 nitrogen and oxygen atoms in total. The second-order valence-electron chi connectivity index (χ2n) is 18.2. The molecule has 9 rings (SSSR count). The molecular formula is C47H51ClFN7O8S.